The zero-order valence-corrected chi connectivity index (χ0v) is 26.3. The third kappa shape index (κ3) is 5.59. The van der Waals surface area contributed by atoms with Gasteiger partial charge in [0.15, 0.2) is 11.6 Å². The van der Waals surface area contributed by atoms with Crippen molar-refractivity contribution in [1.82, 2.24) is 19.5 Å². The highest BCUT2D eigenvalue weighted by molar-refractivity contribution is 5.81. The van der Waals surface area contributed by atoms with E-state index in [9.17, 15) is 0 Å². The van der Waals surface area contributed by atoms with Gasteiger partial charge in [0.2, 0.25) is 5.95 Å². The number of aromatic nitrogens is 4. The Morgan fingerprint density at radius 2 is 1.31 bits per heavy atom. The van der Waals surface area contributed by atoms with Crippen molar-refractivity contribution in [2.24, 2.45) is 0 Å². The number of nitrogens with zero attached hydrogens (tertiary/aromatic N) is 4. The molecule has 0 amide bonds. The quantitative estimate of drug-likeness (QED) is 0.213. The van der Waals surface area contributed by atoms with E-state index in [1.54, 1.807) is 0 Å². The van der Waals surface area contributed by atoms with Gasteiger partial charge in [-0.05, 0) is 85.4 Å². The van der Waals surface area contributed by atoms with Gasteiger partial charge in [-0.15, -0.1) is 0 Å². The summed E-state index contributed by atoms with van der Waals surface area (Å²) in [7, 11) is 0. The zero-order chi connectivity index (χ0) is 31.5. The smallest absolute Gasteiger partial charge is 0.238 e. The van der Waals surface area contributed by atoms with Crippen LogP contribution in [-0.4, -0.2) is 19.5 Å². The maximum absolute atomic E-state index is 5.14. The standard InChI is InChI=1S/C41H36N4/c1-7-16-37-28(6)45-38(36(37)10-4)23-27(5)29(8-2)24-30(9-3)32-19-14-20-33(25-32)34-21-15-22-35(26-34)40-42-39(43-41(45)44-40)31-17-12-11-13-18-31/h7-26H,2,5H2,1,3-4,6H3/b16-7-,29-24+,30-9+,36-10-,38-23+. The van der Waals surface area contributed by atoms with E-state index in [0.717, 1.165) is 66.4 Å². The van der Waals surface area contributed by atoms with Crippen LogP contribution in [0.15, 0.2) is 127 Å². The van der Waals surface area contributed by atoms with Crippen molar-refractivity contribution in [3.8, 4) is 39.9 Å². The third-order valence-corrected chi connectivity index (χ3v) is 8.18. The Kier molecular flexibility index (Phi) is 8.22. The predicted octanol–water partition coefficient (Wildman–Crippen LogP) is 8.67. The van der Waals surface area contributed by atoms with E-state index in [4.69, 9.17) is 15.0 Å². The van der Waals surface area contributed by atoms with E-state index in [2.05, 4.69) is 123 Å². The van der Waals surface area contributed by atoms with Crippen LogP contribution >= 0.6 is 0 Å². The molecule has 220 valence electrons. The molecule has 3 heterocycles. The van der Waals surface area contributed by atoms with Crippen LogP contribution in [0.5, 0.6) is 0 Å². The van der Waals surface area contributed by atoms with Gasteiger partial charge in [-0.2, -0.15) is 9.97 Å². The highest BCUT2D eigenvalue weighted by Crippen LogP contribution is 2.30. The average Bonchev–Trinajstić information content (AvgIpc) is 3.34. The molecular weight excluding hydrogens is 548 g/mol. The summed E-state index contributed by atoms with van der Waals surface area (Å²) in [6.07, 6.45) is 14.6. The molecule has 0 atom stereocenters. The van der Waals surface area contributed by atoms with Crippen LogP contribution in [0.25, 0.3) is 63.7 Å². The second-order valence-corrected chi connectivity index (χ2v) is 10.9. The first-order chi connectivity index (χ1) is 21.9. The molecular formula is C41H36N4. The van der Waals surface area contributed by atoms with E-state index in [1.165, 1.54) is 0 Å². The van der Waals surface area contributed by atoms with Gasteiger partial charge in [0.1, 0.15) is 0 Å². The molecule has 2 aromatic heterocycles. The maximum Gasteiger partial charge on any atom is 0.238 e. The van der Waals surface area contributed by atoms with Crippen LogP contribution in [0.1, 0.15) is 37.6 Å². The molecule has 6 rings (SSSR count). The monoisotopic (exact) mass is 584 g/mol. The number of fused-ring (bicyclic) bond motifs is 10. The van der Waals surface area contributed by atoms with E-state index in [1.807, 2.05) is 43.3 Å². The fourth-order valence-electron chi connectivity index (χ4n) is 5.89. The molecule has 4 heteroatoms. The molecule has 1 aliphatic heterocycles. The molecule has 0 fully saturated rings. The van der Waals surface area contributed by atoms with Crippen molar-refractivity contribution >= 4 is 23.8 Å². The largest absolute Gasteiger partial charge is 0.282 e. The average molecular weight is 585 g/mol. The summed E-state index contributed by atoms with van der Waals surface area (Å²) in [6, 6.07) is 27.1. The minimum absolute atomic E-state index is 0.548. The van der Waals surface area contributed by atoms with Gasteiger partial charge < -0.3 is 0 Å². The first-order valence-corrected chi connectivity index (χ1v) is 15.2. The minimum Gasteiger partial charge on any atom is -0.282 e. The van der Waals surface area contributed by atoms with Crippen LogP contribution in [0.4, 0.5) is 0 Å². The first-order valence-electron chi connectivity index (χ1n) is 15.2. The molecule has 4 nitrogen and oxygen atoms in total. The Hall–Kier alpha value is -5.61. The first kappa shape index (κ1) is 29.5. The number of hydrogen-bond donors (Lipinski definition) is 0. The summed E-state index contributed by atoms with van der Waals surface area (Å²) in [5.41, 5.74) is 10.2. The molecule has 0 aliphatic carbocycles. The number of benzene rings is 3. The van der Waals surface area contributed by atoms with Gasteiger partial charge in [0, 0.05) is 27.6 Å². The van der Waals surface area contributed by atoms with Gasteiger partial charge in [-0.3, -0.25) is 4.57 Å². The SMILES string of the molecule is C=C/C1=C\C(=C/C)c2cccc(c2)-c2cccc(c2)-c2nc(-c3ccccc3)nc(n2)-n2c(C)c(/C=C\C)c(=C/C)/c2=C\C1=C. The highest BCUT2D eigenvalue weighted by Gasteiger charge is 2.18. The Labute approximate surface area is 265 Å². The lowest BCUT2D eigenvalue weighted by Crippen LogP contribution is -2.30. The lowest BCUT2D eigenvalue weighted by atomic mass is 9.95. The van der Waals surface area contributed by atoms with Gasteiger partial charge in [-0.25, -0.2) is 4.98 Å². The van der Waals surface area contributed by atoms with Crippen molar-refractivity contribution in [3.05, 3.63) is 155 Å². The van der Waals surface area contributed by atoms with Crippen LogP contribution in [0, 0.1) is 6.92 Å². The number of allylic oxidation sites excluding steroid dienone is 7. The molecule has 0 radical (unpaired) electrons. The van der Waals surface area contributed by atoms with Crippen LogP contribution in [-0.2, 0) is 0 Å². The Bertz CT molecular complexity index is 2170. The molecule has 1 aliphatic rings. The van der Waals surface area contributed by atoms with Crippen LogP contribution in [0.3, 0.4) is 0 Å². The summed E-state index contributed by atoms with van der Waals surface area (Å²) in [5, 5.41) is 2.03. The highest BCUT2D eigenvalue weighted by atomic mass is 15.2. The summed E-state index contributed by atoms with van der Waals surface area (Å²) >= 11 is 0. The lowest BCUT2D eigenvalue weighted by molar-refractivity contribution is 0.862. The number of rotatable bonds is 3. The molecule has 0 unspecified atom stereocenters. The van der Waals surface area contributed by atoms with Crippen molar-refractivity contribution < 1.29 is 0 Å². The van der Waals surface area contributed by atoms with Crippen molar-refractivity contribution in [2.75, 3.05) is 0 Å². The van der Waals surface area contributed by atoms with Crippen molar-refractivity contribution in [3.63, 3.8) is 0 Å². The Morgan fingerprint density at radius 3 is 1.96 bits per heavy atom. The van der Waals surface area contributed by atoms with E-state index >= 15 is 0 Å². The zero-order valence-electron chi connectivity index (χ0n) is 26.3. The van der Waals surface area contributed by atoms with E-state index < -0.39 is 0 Å². The normalized spacial score (nSPS) is 16.2. The molecule has 45 heavy (non-hydrogen) atoms. The second kappa shape index (κ2) is 12.6. The molecule has 0 saturated heterocycles. The fourth-order valence-corrected chi connectivity index (χ4v) is 5.89. The Morgan fingerprint density at radius 1 is 0.689 bits per heavy atom. The van der Waals surface area contributed by atoms with Crippen molar-refractivity contribution in [2.45, 2.75) is 27.7 Å². The van der Waals surface area contributed by atoms with E-state index in [-0.39, 0.29) is 0 Å². The summed E-state index contributed by atoms with van der Waals surface area (Å²) in [5.74, 6) is 1.77. The summed E-state index contributed by atoms with van der Waals surface area (Å²) in [4.78, 5) is 15.2. The van der Waals surface area contributed by atoms with Crippen LogP contribution < -0.4 is 10.6 Å². The molecule has 3 aromatic carbocycles. The maximum atomic E-state index is 5.14. The van der Waals surface area contributed by atoms with E-state index in [0.29, 0.717) is 17.6 Å². The molecule has 6 bridgehead atoms. The third-order valence-electron chi connectivity index (χ3n) is 8.18. The van der Waals surface area contributed by atoms with Crippen molar-refractivity contribution in [1.29, 1.82) is 0 Å². The minimum atomic E-state index is 0.548. The number of hydrogen-bond acceptors (Lipinski definition) is 3. The van der Waals surface area contributed by atoms with Gasteiger partial charge in [0.05, 0.1) is 5.35 Å². The summed E-state index contributed by atoms with van der Waals surface area (Å²) in [6.45, 7) is 17.0. The predicted molar refractivity (Wildman–Crippen MR) is 190 cm³/mol. The topological polar surface area (TPSA) is 43.6 Å². The Balaban J connectivity index is 1.78. The lowest BCUT2D eigenvalue weighted by Gasteiger charge is -2.13. The summed E-state index contributed by atoms with van der Waals surface area (Å²) < 4.78 is 2.13. The molecule has 5 aromatic rings. The molecule has 0 spiro atoms. The van der Waals surface area contributed by atoms with Gasteiger partial charge in [0.25, 0.3) is 0 Å². The fraction of sp³-hybridized carbons (Fsp3) is 0.0976. The van der Waals surface area contributed by atoms with Crippen LogP contribution in [0.2, 0.25) is 0 Å². The van der Waals surface area contributed by atoms with Gasteiger partial charge >= 0.3 is 0 Å². The second-order valence-electron chi connectivity index (χ2n) is 10.9. The van der Waals surface area contributed by atoms with Gasteiger partial charge in [-0.1, -0.05) is 110 Å². The molecule has 0 N–H and O–H groups in total. The molecule has 0 saturated carbocycles.